The van der Waals surface area contributed by atoms with Crippen molar-refractivity contribution in [2.45, 2.75) is 37.3 Å². The second-order valence-corrected chi connectivity index (χ2v) is 8.51. The van der Waals surface area contributed by atoms with E-state index < -0.39 is 23.4 Å². The van der Waals surface area contributed by atoms with Crippen LogP contribution in [0.5, 0.6) is 0 Å². The van der Waals surface area contributed by atoms with Crippen molar-refractivity contribution in [3.8, 4) is 6.07 Å². The van der Waals surface area contributed by atoms with Gasteiger partial charge < -0.3 is 25.8 Å². The fourth-order valence-corrected chi connectivity index (χ4v) is 4.77. The average Bonchev–Trinajstić information content (AvgIpc) is 3.46. The zero-order valence-electron chi connectivity index (χ0n) is 17.9. The molecule has 0 bridgehead atoms. The van der Waals surface area contributed by atoms with Crippen molar-refractivity contribution >= 4 is 23.5 Å². The lowest BCUT2D eigenvalue weighted by molar-refractivity contribution is 0.0229. The molecule has 33 heavy (non-hydrogen) atoms. The standard InChI is InChI=1S/C22H25FN6O4/c23-15-1-3-16(4-2-15)26-20-17(19(25)30)12-29(27-20)22(6-8-24)7-9-28(21(31)32)18(11-22)14-5-10-33-13-14/h1-4,12,14,18H,5-7,9-11,13H2,(H2,25,30)(H,26,27)(H,31,32). The Balaban J connectivity index is 1.70. The Hall–Kier alpha value is -3.65. The highest BCUT2D eigenvalue weighted by Gasteiger charge is 2.47. The third kappa shape index (κ3) is 4.47. The monoisotopic (exact) mass is 456 g/mol. The summed E-state index contributed by atoms with van der Waals surface area (Å²) in [5.41, 5.74) is 5.40. The number of hydrogen-bond donors (Lipinski definition) is 3. The summed E-state index contributed by atoms with van der Waals surface area (Å²) in [6, 6.07) is 7.42. The molecule has 4 N–H and O–H groups in total. The molecule has 2 amide bonds. The van der Waals surface area contributed by atoms with Gasteiger partial charge in [-0.1, -0.05) is 0 Å². The number of hydrogen-bond acceptors (Lipinski definition) is 6. The minimum atomic E-state index is -1.01. The van der Waals surface area contributed by atoms with E-state index in [1.54, 1.807) is 4.68 Å². The number of carbonyl (C=O) groups is 2. The van der Waals surface area contributed by atoms with Gasteiger partial charge in [-0.25, -0.2) is 9.18 Å². The van der Waals surface area contributed by atoms with E-state index >= 15 is 0 Å². The minimum Gasteiger partial charge on any atom is -0.465 e. The van der Waals surface area contributed by atoms with Crippen LogP contribution in [0, 0.1) is 23.1 Å². The summed E-state index contributed by atoms with van der Waals surface area (Å²) in [5, 5.41) is 26.9. The lowest BCUT2D eigenvalue weighted by atomic mass is 9.77. The van der Waals surface area contributed by atoms with Crippen LogP contribution in [0.3, 0.4) is 0 Å². The Bertz CT molecular complexity index is 1080. The summed E-state index contributed by atoms with van der Waals surface area (Å²) in [4.78, 5) is 25.5. The number of carboxylic acid groups (broad SMARTS) is 1. The van der Waals surface area contributed by atoms with Gasteiger partial charge in [0.2, 0.25) is 0 Å². The van der Waals surface area contributed by atoms with E-state index in [2.05, 4.69) is 16.5 Å². The predicted octanol–water partition coefficient (Wildman–Crippen LogP) is 2.65. The number of rotatable bonds is 6. The number of piperidine rings is 1. The number of anilines is 2. The van der Waals surface area contributed by atoms with Crippen LogP contribution in [0.15, 0.2) is 30.5 Å². The van der Waals surface area contributed by atoms with Crippen molar-refractivity contribution in [3.05, 3.63) is 41.8 Å². The first-order valence-corrected chi connectivity index (χ1v) is 10.7. The molecule has 3 atom stereocenters. The van der Waals surface area contributed by atoms with E-state index in [0.717, 1.165) is 6.42 Å². The minimum absolute atomic E-state index is 0.0162. The second kappa shape index (κ2) is 9.07. The molecule has 2 saturated heterocycles. The third-order valence-electron chi connectivity index (χ3n) is 6.54. The second-order valence-electron chi connectivity index (χ2n) is 8.51. The van der Waals surface area contributed by atoms with E-state index in [4.69, 9.17) is 10.5 Å². The fraction of sp³-hybridized carbons (Fsp3) is 0.455. The molecule has 0 radical (unpaired) electrons. The highest BCUT2D eigenvalue weighted by atomic mass is 19.1. The highest BCUT2D eigenvalue weighted by molar-refractivity contribution is 5.98. The van der Waals surface area contributed by atoms with Gasteiger partial charge in [-0.05, 0) is 43.5 Å². The molecule has 1 aromatic heterocycles. The molecule has 174 valence electrons. The van der Waals surface area contributed by atoms with Crippen LogP contribution in [0.25, 0.3) is 0 Å². The maximum absolute atomic E-state index is 13.3. The molecule has 2 aromatic rings. The van der Waals surface area contributed by atoms with Gasteiger partial charge in [0, 0.05) is 37.0 Å². The molecule has 3 unspecified atom stereocenters. The molecule has 10 nitrogen and oxygen atoms in total. The lowest BCUT2D eigenvalue weighted by Crippen LogP contribution is -2.56. The molecule has 2 aliphatic heterocycles. The number of nitriles is 1. The number of benzene rings is 1. The van der Waals surface area contributed by atoms with Crippen molar-refractivity contribution in [2.75, 3.05) is 25.1 Å². The maximum atomic E-state index is 13.3. The Kier molecular flexibility index (Phi) is 6.20. The van der Waals surface area contributed by atoms with Crippen molar-refractivity contribution in [1.29, 1.82) is 5.26 Å². The number of ether oxygens (including phenoxy) is 1. The normalized spacial score (nSPS) is 24.9. The molecule has 0 spiro atoms. The van der Waals surface area contributed by atoms with Gasteiger partial charge >= 0.3 is 6.09 Å². The quantitative estimate of drug-likeness (QED) is 0.605. The Morgan fingerprint density at radius 1 is 1.39 bits per heavy atom. The smallest absolute Gasteiger partial charge is 0.407 e. The zero-order chi connectivity index (χ0) is 23.6. The number of likely N-dealkylation sites (tertiary alicyclic amines) is 1. The van der Waals surface area contributed by atoms with Gasteiger partial charge in [0.15, 0.2) is 5.82 Å². The molecule has 0 saturated carbocycles. The number of carbonyl (C=O) groups excluding carboxylic acids is 1. The first-order chi connectivity index (χ1) is 15.8. The molecule has 11 heteroatoms. The van der Waals surface area contributed by atoms with Crippen molar-refractivity contribution < 1.29 is 23.8 Å². The van der Waals surface area contributed by atoms with Gasteiger partial charge in [0.1, 0.15) is 11.4 Å². The third-order valence-corrected chi connectivity index (χ3v) is 6.54. The number of nitrogens with one attached hydrogen (secondary N) is 1. The van der Waals surface area contributed by atoms with E-state index in [9.17, 15) is 24.3 Å². The number of halogens is 1. The SMILES string of the molecule is N#CCC1(n2cc(C(N)=O)c(Nc3ccc(F)cc3)n2)CCN(C(=O)O)C(C2CCOC2)C1. The zero-order valence-corrected chi connectivity index (χ0v) is 17.9. The fourth-order valence-electron chi connectivity index (χ4n) is 4.77. The van der Waals surface area contributed by atoms with Crippen LogP contribution < -0.4 is 11.1 Å². The van der Waals surface area contributed by atoms with Crippen LogP contribution >= 0.6 is 0 Å². The van der Waals surface area contributed by atoms with E-state index in [1.165, 1.54) is 35.4 Å². The summed E-state index contributed by atoms with van der Waals surface area (Å²) < 4.78 is 20.3. The van der Waals surface area contributed by atoms with Crippen LogP contribution in [0.4, 0.5) is 20.7 Å². The average molecular weight is 456 g/mol. The van der Waals surface area contributed by atoms with Crippen molar-refractivity contribution in [2.24, 2.45) is 11.7 Å². The first kappa shape index (κ1) is 22.5. The molecular weight excluding hydrogens is 431 g/mol. The van der Waals surface area contributed by atoms with Gasteiger partial charge in [-0.2, -0.15) is 10.4 Å². The van der Waals surface area contributed by atoms with Crippen molar-refractivity contribution in [3.63, 3.8) is 0 Å². The van der Waals surface area contributed by atoms with Crippen LogP contribution in [0.2, 0.25) is 0 Å². The molecule has 3 heterocycles. The Morgan fingerprint density at radius 3 is 2.76 bits per heavy atom. The van der Waals surface area contributed by atoms with E-state index in [1.807, 2.05) is 0 Å². The van der Waals surface area contributed by atoms with Gasteiger partial charge in [-0.15, -0.1) is 0 Å². The highest BCUT2D eigenvalue weighted by Crippen LogP contribution is 2.41. The van der Waals surface area contributed by atoms with E-state index in [-0.39, 0.29) is 36.3 Å². The largest absolute Gasteiger partial charge is 0.465 e. The summed E-state index contributed by atoms with van der Waals surface area (Å²) in [6.45, 7) is 1.25. The Morgan fingerprint density at radius 2 is 2.15 bits per heavy atom. The predicted molar refractivity (Wildman–Crippen MR) is 115 cm³/mol. The molecular formula is C22H25FN6O4. The number of aromatic nitrogens is 2. The van der Waals surface area contributed by atoms with Gasteiger partial charge in [0.05, 0.1) is 24.6 Å². The van der Waals surface area contributed by atoms with E-state index in [0.29, 0.717) is 31.7 Å². The number of nitrogens with zero attached hydrogens (tertiary/aromatic N) is 4. The lowest BCUT2D eigenvalue weighted by Gasteiger charge is -2.46. The van der Waals surface area contributed by atoms with Crippen molar-refractivity contribution in [1.82, 2.24) is 14.7 Å². The summed E-state index contributed by atoms with van der Waals surface area (Å²) in [5.74, 6) is -0.904. The van der Waals surface area contributed by atoms with Gasteiger partial charge in [-0.3, -0.25) is 9.48 Å². The van der Waals surface area contributed by atoms with Gasteiger partial charge in [0.25, 0.3) is 5.91 Å². The first-order valence-electron chi connectivity index (χ1n) is 10.7. The molecule has 2 aliphatic rings. The number of nitrogens with two attached hydrogens (primary N) is 1. The van der Waals surface area contributed by atoms with Crippen LogP contribution in [0.1, 0.15) is 36.0 Å². The number of primary amides is 1. The maximum Gasteiger partial charge on any atom is 0.407 e. The topological polar surface area (TPSA) is 146 Å². The molecule has 4 rings (SSSR count). The summed E-state index contributed by atoms with van der Waals surface area (Å²) in [7, 11) is 0. The molecule has 2 fully saturated rings. The van der Waals surface area contributed by atoms with Crippen LogP contribution in [-0.4, -0.2) is 57.6 Å². The Labute approximate surface area is 189 Å². The molecule has 0 aliphatic carbocycles. The summed E-state index contributed by atoms with van der Waals surface area (Å²) >= 11 is 0. The molecule has 1 aromatic carbocycles. The summed E-state index contributed by atoms with van der Waals surface area (Å²) in [6.07, 6.45) is 2.03. The van der Waals surface area contributed by atoms with Crippen LogP contribution in [-0.2, 0) is 10.3 Å². The number of amides is 2.